The Kier molecular flexibility index (Phi) is 2.52. The number of pyridine rings is 1. The Morgan fingerprint density at radius 3 is 3.00 bits per heavy atom. The maximum absolute atomic E-state index is 12.3. The molecular formula is C12H12N6O. The molecule has 0 spiro atoms. The van der Waals surface area contributed by atoms with Gasteiger partial charge in [0, 0.05) is 24.4 Å². The molecule has 0 radical (unpaired) electrons. The molecule has 3 N–H and O–H groups in total. The van der Waals surface area contributed by atoms with E-state index in [0.29, 0.717) is 17.7 Å². The molecule has 0 saturated heterocycles. The third kappa shape index (κ3) is 1.95. The molecule has 0 aliphatic rings. The summed E-state index contributed by atoms with van der Waals surface area (Å²) in [5.41, 5.74) is 7.57. The quantitative estimate of drug-likeness (QED) is 0.686. The fraction of sp³-hybridized carbons (Fsp3) is 0.167. The van der Waals surface area contributed by atoms with Gasteiger partial charge in [-0.3, -0.25) is 14.9 Å². The molecule has 7 nitrogen and oxygen atoms in total. The van der Waals surface area contributed by atoms with Crippen LogP contribution in [0.15, 0.2) is 29.3 Å². The van der Waals surface area contributed by atoms with Gasteiger partial charge in [0.2, 0.25) is 5.95 Å². The second-order valence-electron chi connectivity index (χ2n) is 4.26. The molecule has 3 heterocycles. The lowest BCUT2D eigenvalue weighted by atomic mass is 10.1. The summed E-state index contributed by atoms with van der Waals surface area (Å²) in [5.74, 6) is 0.456. The molecule has 19 heavy (non-hydrogen) atoms. The predicted octanol–water partition coefficient (Wildman–Crippen LogP) is 0.294. The number of aryl methyl sites for hydroxylation is 1. The van der Waals surface area contributed by atoms with Crippen LogP contribution in [0.1, 0.15) is 16.8 Å². The summed E-state index contributed by atoms with van der Waals surface area (Å²) < 4.78 is 1.26. The Bertz CT molecular complexity index is 789. The fourth-order valence-corrected chi connectivity index (χ4v) is 1.98. The lowest BCUT2D eigenvalue weighted by Gasteiger charge is -2.04. The van der Waals surface area contributed by atoms with Crippen LogP contribution in [0.25, 0.3) is 5.78 Å². The maximum Gasteiger partial charge on any atom is 0.277 e. The van der Waals surface area contributed by atoms with E-state index in [2.05, 4.69) is 20.1 Å². The van der Waals surface area contributed by atoms with Crippen molar-refractivity contribution in [3.8, 4) is 0 Å². The first-order chi connectivity index (χ1) is 9.15. The van der Waals surface area contributed by atoms with E-state index >= 15 is 0 Å². The number of aromatic amines is 1. The maximum atomic E-state index is 12.3. The number of nitrogens with zero attached hydrogens (tertiary/aromatic N) is 4. The Labute approximate surface area is 108 Å². The van der Waals surface area contributed by atoms with Gasteiger partial charge >= 0.3 is 0 Å². The van der Waals surface area contributed by atoms with Crippen LogP contribution in [0.4, 0.5) is 5.95 Å². The monoisotopic (exact) mass is 256 g/mol. The van der Waals surface area contributed by atoms with Crippen LogP contribution in [0.5, 0.6) is 0 Å². The lowest BCUT2D eigenvalue weighted by molar-refractivity contribution is 0.861. The number of nitrogens with one attached hydrogen (secondary N) is 1. The van der Waals surface area contributed by atoms with Crippen molar-refractivity contribution in [2.75, 3.05) is 5.73 Å². The highest BCUT2D eigenvalue weighted by molar-refractivity contribution is 5.37. The van der Waals surface area contributed by atoms with Gasteiger partial charge in [-0.05, 0) is 18.6 Å². The van der Waals surface area contributed by atoms with E-state index in [-0.39, 0.29) is 17.3 Å². The first-order valence-electron chi connectivity index (χ1n) is 5.78. The number of H-pyrrole nitrogens is 1. The van der Waals surface area contributed by atoms with Crippen molar-refractivity contribution >= 4 is 11.7 Å². The molecule has 0 aliphatic carbocycles. The summed E-state index contributed by atoms with van der Waals surface area (Å²) in [6.45, 7) is 1.79. The Balaban J connectivity index is 2.16. The Hall–Kier alpha value is -2.70. The second-order valence-corrected chi connectivity index (χ2v) is 4.26. The average Bonchev–Trinajstić information content (AvgIpc) is 2.76. The molecule has 0 aliphatic heterocycles. The molecule has 3 aromatic heterocycles. The molecule has 0 fully saturated rings. The summed E-state index contributed by atoms with van der Waals surface area (Å²) in [4.78, 5) is 24.6. The summed E-state index contributed by atoms with van der Waals surface area (Å²) in [6, 6.07) is 3.75. The molecule has 0 unspecified atom stereocenters. The normalized spacial score (nSPS) is 11.0. The van der Waals surface area contributed by atoms with E-state index in [9.17, 15) is 4.79 Å². The SMILES string of the molecule is Cc1nc2nc(N)[nH]n2c(=O)c1Cc1cccnc1. The zero-order valence-corrected chi connectivity index (χ0v) is 10.3. The summed E-state index contributed by atoms with van der Waals surface area (Å²) in [7, 11) is 0. The topological polar surface area (TPSA) is 102 Å². The van der Waals surface area contributed by atoms with E-state index in [4.69, 9.17) is 5.73 Å². The number of anilines is 1. The van der Waals surface area contributed by atoms with E-state index in [1.54, 1.807) is 19.3 Å². The van der Waals surface area contributed by atoms with E-state index in [1.165, 1.54) is 4.52 Å². The standard InChI is InChI=1S/C12H12N6O/c1-7-9(5-8-3-2-4-14-6-8)10(19)18-12(15-7)16-11(13)17-18/h2-4,6H,5H2,1H3,(H3,13,15,16,17). The number of aromatic nitrogens is 5. The number of nitrogens with two attached hydrogens (primary N) is 1. The van der Waals surface area contributed by atoms with Gasteiger partial charge in [0.1, 0.15) is 0 Å². The van der Waals surface area contributed by atoms with Gasteiger partial charge in [0.25, 0.3) is 11.3 Å². The minimum absolute atomic E-state index is 0.169. The zero-order valence-electron chi connectivity index (χ0n) is 10.3. The number of nitrogen functional groups attached to an aromatic ring is 1. The molecule has 0 bridgehead atoms. The van der Waals surface area contributed by atoms with Gasteiger partial charge in [-0.15, -0.1) is 0 Å². The first kappa shape index (κ1) is 11.4. The van der Waals surface area contributed by atoms with Crippen LogP contribution in [0.3, 0.4) is 0 Å². The molecular weight excluding hydrogens is 244 g/mol. The van der Waals surface area contributed by atoms with Crippen molar-refractivity contribution in [3.05, 3.63) is 51.7 Å². The Morgan fingerprint density at radius 1 is 1.42 bits per heavy atom. The molecule has 7 heteroatoms. The minimum Gasteiger partial charge on any atom is -0.368 e. The van der Waals surface area contributed by atoms with Gasteiger partial charge in [0.05, 0.1) is 5.69 Å². The lowest BCUT2D eigenvalue weighted by Crippen LogP contribution is -2.22. The van der Waals surface area contributed by atoms with Crippen molar-refractivity contribution < 1.29 is 0 Å². The second kappa shape index (κ2) is 4.20. The average molecular weight is 256 g/mol. The van der Waals surface area contributed by atoms with Gasteiger partial charge in [-0.25, -0.2) is 4.98 Å². The van der Waals surface area contributed by atoms with Crippen LogP contribution in [0, 0.1) is 6.92 Å². The van der Waals surface area contributed by atoms with Crippen molar-refractivity contribution in [1.29, 1.82) is 0 Å². The van der Waals surface area contributed by atoms with Crippen LogP contribution >= 0.6 is 0 Å². The third-order valence-corrected chi connectivity index (χ3v) is 2.92. The molecule has 96 valence electrons. The molecule has 0 atom stereocenters. The molecule has 3 rings (SSSR count). The smallest absolute Gasteiger partial charge is 0.277 e. The van der Waals surface area contributed by atoms with Crippen molar-refractivity contribution in [2.24, 2.45) is 0 Å². The summed E-state index contributed by atoms with van der Waals surface area (Å²) in [6.07, 6.45) is 3.91. The van der Waals surface area contributed by atoms with Gasteiger partial charge in [0.15, 0.2) is 0 Å². The molecule has 3 aromatic rings. The van der Waals surface area contributed by atoms with Crippen LogP contribution in [-0.2, 0) is 6.42 Å². The molecule has 0 saturated carbocycles. The zero-order chi connectivity index (χ0) is 13.4. The summed E-state index contributed by atoms with van der Waals surface area (Å²) in [5, 5.41) is 2.67. The number of rotatable bonds is 2. The van der Waals surface area contributed by atoms with Gasteiger partial charge in [-0.2, -0.15) is 9.50 Å². The highest BCUT2D eigenvalue weighted by Gasteiger charge is 2.12. The summed E-state index contributed by atoms with van der Waals surface area (Å²) >= 11 is 0. The highest BCUT2D eigenvalue weighted by Crippen LogP contribution is 2.08. The van der Waals surface area contributed by atoms with E-state index in [0.717, 1.165) is 5.56 Å². The van der Waals surface area contributed by atoms with E-state index in [1.807, 2.05) is 12.1 Å². The number of hydrogen-bond donors (Lipinski definition) is 2. The van der Waals surface area contributed by atoms with Gasteiger partial charge in [-0.1, -0.05) is 6.07 Å². The van der Waals surface area contributed by atoms with Gasteiger partial charge < -0.3 is 5.73 Å². The fourth-order valence-electron chi connectivity index (χ4n) is 1.98. The van der Waals surface area contributed by atoms with Crippen LogP contribution < -0.4 is 11.3 Å². The van der Waals surface area contributed by atoms with Crippen molar-refractivity contribution in [2.45, 2.75) is 13.3 Å². The number of hydrogen-bond acceptors (Lipinski definition) is 5. The Morgan fingerprint density at radius 2 is 2.26 bits per heavy atom. The molecule has 0 aromatic carbocycles. The van der Waals surface area contributed by atoms with Crippen molar-refractivity contribution in [1.82, 2.24) is 24.6 Å². The van der Waals surface area contributed by atoms with Crippen LogP contribution in [0.2, 0.25) is 0 Å². The van der Waals surface area contributed by atoms with E-state index < -0.39 is 0 Å². The van der Waals surface area contributed by atoms with Crippen molar-refractivity contribution in [3.63, 3.8) is 0 Å². The first-order valence-corrected chi connectivity index (χ1v) is 5.78. The minimum atomic E-state index is -0.185. The number of fused-ring (bicyclic) bond motifs is 1. The predicted molar refractivity (Wildman–Crippen MR) is 69.8 cm³/mol. The van der Waals surface area contributed by atoms with Crippen LogP contribution in [-0.4, -0.2) is 24.6 Å². The highest BCUT2D eigenvalue weighted by atomic mass is 16.1. The largest absolute Gasteiger partial charge is 0.368 e. The molecule has 0 amide bonds. The third-order valence-electron chi connectivity index (χ3n) is 2.92.